The topological polar surface area (TPSA) is 99.2 Å². The maximum Gasteiger partial charge on any atom is 0.329 e. The molecule has 0 spiro atoms. The number of primary amides is 1. The zero-order valence-electron chi connectivity index (χ0n) is 17.8. The van der Waals surface area contributed by atoms with Crippen LogP contribution in [0.2, 0.25) is 0 Å². The number of unbranched alkanes of at least 4 members (excludes halogenated alkanes) is 1. The summed E-state index contributed by atoms with van der Waals surface area (Å²) in [7, 11) is 0. The van der Waals surface area contributed by atoms with Crippen LogP contribution >= 0.6 is 0 Å². The number of esters is 1. The normalized spacial score (nSPS) is 12.4. The molecule has 0 unspecified atom stereocenters. The van der Waals surface area contributed by atoms with E-state index in [1.807, 2.05) is 58.0 Å². The van der Waals surface area contributed by atoms with Crippen molar-refractivity contribution in [1.82, 2.24) is 9.55 Å². The van der Waals surface area contributed by atoms with Gasteiger partial charge in [-0.25, -0.2) is 9.78 Å². The van der Waals surface area contributed by atoms with Crippen molar-refractivity contribution in [3.8, 4) is 11.3 Å². The second-order valence-corrected chi connectivity index (χ2v) is 8.13. The van der Waals surface area contributed by atoms with E-state index in [2.05, 4.69) is 10.3 Å². The monoisotopic (exact) mass is 400 g/mol. The van der Waals surface area contributed by atoms with E-state index in [0.717, 1.165) is 24.1 Å². The summed E-state index contributed by atoms with van der Waals surface area (Å²) in [6.45, 7) is 8.52. The lowest BCUT2D eigenvalue weighted by molar-refractivity contribution is -0.148. The molecule has 1 atom stereocenters. The van der Waals surface area contributed by atoms with E-state index in [1.54, 1.807) is 10.9 Å². The van der Waals surface area contributed by atoms with Gasteiger partial charge in [-0.05, 0) is 33.6 Å². The third-order valence-electron chi connectivity index (χ3n) is 4.35. The van der Waals surface area contributed by atoms with Crippen LogP contribution in [0.5, 0.6) is 0 Å². The van der Waals surface area contributed by atoms with E-state index in [-0.39, 0.29) is 24.3 Å². The van der Waals surface area contributed by atoms with E-state index < -0.39 is 11.9 Å². The van der Waals surface area contributed by atoms with E-state index in [4.69, 9.17) is 10.5 Å². The highest BCUT2D eigenvalue weighted by atomic mass is 16.5. The molecule has 2 aromatic rings. The van der Waals surface area contributed by atoms with Crippen LogP contribution in [-0.4, -0.2) is 33.6 Å². The molecule has 0 aliphatic heterocycles. The number of nitrogens with two attached hydrogens (primary N) is 1. The molecule has 0 saturated carbocycles. The summed E-state index contributed by atoms with van der Waals surface area (Å²) >= 11 is 0. The number of imidazole rings is 1. The molecule has 7 heteroatoms. The van der Waals surface area contributed by atoms with Crippen molar-refractivity contribution in [2.75, 3.05) is 11.9 Å². The minimum atomic E-state index is -0.683. The number of rotatable bonds is 10. The van der Waals surface area contributed by atoms with Gasteiger partial charge in [-0.2, -0.15) is 0 Å². The van der Waals surface area contributed by atoms with E-state index >= 15 is 0 Å². The zero-order chi connectivity index (χ0) is 21.4. The van der Waals surface area contributed by atoms with Gasteiger partial charge in [0.1, 0.15) is 6.04 Å². The van der Waals surface area contributed by atoms with Crippen LogP contribution in [-0.2, 0) is 14.3 Å². The number of nitrogens with zero attached hydrogens (tertiary/aromatic N) is 2. The highest BCUT2D eigenvalue weighted by Crippen LogP contribution is 2.33. The lowest BCUT2D eigenvalue weighted by Gasteiger charge is -2.23. The number of hydrogen-bond acceptors (Lipinski definition) is 5. The predicted molar refractivity (Wildman–Crippen MR) is 114 cm³/mol. The van der Waals surface area contributed by atoms with Crippen molar-refractivity contribution >= 4 is 17.7 Å². The first-order valence-electron chi connectivity index (χ1n) is 10.1. The number of carbonyl (C=O) groups excluding carboxylic acids is 2. The van der Waals surface area contributed by atoms with Crippen LogP contribution in [0.25, 0.3) is 11.3 Å². The van der Waals surface area contributed by atoms with Crippen LogP contribution in [0.4, 0.5) is 5.82 Å². The van der Waals surface area contributed by atoms with E-state index in [0.29, 0.717) is 12.4 Å². The molecule has 0 aliphatic carbocycles. The largest absolute Gasteiger partial charge is 0.464 e. The lowest BCUT2D eigenvalue weighted by atomic mass is 10.1. The summed E-state index contributed by atoms with van der Waals surface area (Å²) in [6.07, 6.45) is 3.69. The van der Waals surface area contributed by atoms with Crippen molar-refractivity contribution in [2.24, 2.45) is 5.73 Å². The smallest absolute Gasteiger partial charge is 0.329 e. The summed E-state index contributed by atoms with van der Waals surface area (Å²) in [5.41, 5.74) is 6.83. The van der Waals surface area contributed by atoms with Crippen LogP contribution < -0.4 is 11.1 Å². The van der Waals surface area contributed by atoms with Gasteiger partial charge < -0.3 is 20.4 Å². The highest BCUT2D eigenvalue weighted by Gasteiger charge is 2.28. The minimum absolute atomic E-state index is 0.0853. The summed E-state index contributed by atoms with van der Waals surface area (Å²) in [5, 5.41) is 3.40. The predicted octanol–water partition coefficient (Wildman–Crippen LogP) is 3.91. The Morgan fingerprint density at radius 3 is 2.52 bits per heavy atom. The molecule has 3 N–H and O–H groups in total. The maximum atomic E-state index is 12.9. The van der Waals surface area contributed by atoms with Crippen molar-refractivity contribution in [1.29, 1.82) is 0 Å². The van der Waals surface area contributed by atoms with Gasteiger partial charge in [-0.3, -0.25) is 4.79 Å². The second-order valence-electron chi connectivity index (χ2n) is 8.13. The van der Waals surface area contributed by atoms with Gasteiger partial charge in [0.2, 0.25) is 5.91 Å². The van der Waals surface area contributed by atoms with Crippen LogP contribution in [0.3, 0.4) is 0 Å². The zero-order valence-corrected chi connectivity index (χ0v) is 17.8. The molecule has 0 fully saturated rings. The van der Waals surface area contributed by atoms with E-state index in [9.17, 15) is 9.59 Å². The number of nitrogens with one attached hydrogen (secondary N) is 1. The number of ether oxygens (including phenoxy) is 1. The SMILES string of the molecule is CCCCOC(=O)[C@H](CCC(N)=O)n1cnc(NC(C)(C)C)c1-c1ccccc1. The van der Waals surface area contributed by atoms with Gasteiger partial charge >= 0.3 is 5.97 Å². The van der Waals surface area contributed by atoms with Gasteiger partial charge in [0.15, 0.2) is 5.82 Å². The van der Waals surface area contributed by atoms with Gasteiger partial charge in [-0.1, -0.05) is 43.7 Å². The number of hydrogen-bond donors (Lipinski definition) is 2. The van der Waals surface area contributed by atoms with Gasteiger partial charge in [-0.15, -0.1) is 0 Å². The summed E-state index contributed by atoms with van der Waals surface area (Å²) in [4.78, 5) is 28.8. The quantitative estimate of drug-likeness (QED) is 0.465. The van der Waals surface area contributed by atoms with Crippen molar-refractivity contribution in [3.05, 3.63) is 36.7 Å². The Bertz CT molecular complexity index is 809. The fourth-order valence-corrected chi connectivity index (χ4v) is 2.99. The van der Waals surface area contributed by atoms with Gasteiger partial charge in [0.05, 0.1) is 18.6 Å². The standard InChI is InChI=1S/C22H32N4O3/c1-5-6-14-29-21(28)17(12-13-18(23)27)26-15-24-20(25-22(2,3)4)19(26)16-10-8-7-9-11-16/h7-11,15,17,25H,5-6,12-14H2,1-4H3,(H2,23,27)/t17-/m0/s1. The Morgan fingerprint density at radius 1 is 1.24 bits per heavy atom. The number of benzene rings is 1. The van der Waals surface area contributed by atoms with Gasteiger partial charge in [0.25, 0.3) is 0 Å². The molecular weight excluding hydrogens is 368 g/mol. The molecule has 1 aromatic heterocycles. The average molecular weight is 401 g/mol. The molecule has 0 saturated heterocycles. The van der Waals surface area contributed by atoms with Crippen molar-refractivity contribution in [3.63, 3.8) is 0 Å². The molecule has 1 aromatic carbocycles. The molecule has 29 heavy (non-hydrogen) atoms. The molecule has 2 rings (SSSR count). The molecule has 0 radical (unpaired) electrons. The highest BCUT2D eigenvalue weighted by molar-refractivity contribution is 5.80. The molecule has 0 aliphatic rings. The van der Waals surface area contributed by atoms with Crippen molar-refractivity contribution < 1.29 is 14.3 Å². The fraction of sp³-hybridized carbons (Fsp3) is 0.500. The first-order chi connectivity index (χ1) is 13.7. The molecule has 1 amide bonds. The maximum absolute atomic E-state index is 12.9. The number of carbonyl (C=O) groups is 2. The van der Waals surface area contributed by atoms with E-state index in [1.165, 1.54) is 0 Å². The number of anilines is 1. The molecular formula is C22H32N4O3. The summed E-state index contributed by atoms with van der Waals surface area (Å²) in [6, 6.07) is 9.06. The molecule has 158 valence electrons. The Morgan fingerprint density at radius 2 is 1.93 bits per heavy atom. The first kappa shape index (κ1) is 22.5. The Balaban J connectivity index is 2.47. The summed E-state index contributed by atoms with van der Waals surface area (Å²) in [5.74, 6) is -0.156. The van der Waals surface area contributed by atoms with Crippen molar-refractivity contribution in [2.45, 2.75) is 65.0 Å². The lowest BCUT2D eigenvalue weighted by Crippen LogP contribution is -2.27. The molecule has 1 heterocycles. The van der Waals surface area contributed by atoms with Gasteiger partial charge in [0, 0.05) is 17.5 Å². The van der Waals surface area contributed by atoms with Crippen LogP contribution in [0.1, 0.15) is 59.4 Å². The summed E-state index contributed by atoms with van der Waals surface area (Å²) < 4.78 is 7.26. The Labute approximate surface area is 172 Å². The first-order valence-corrected chi connectivity index (χ1v) is 10.1. The Hall–Kier alpha value is -2.83. The van der Waals surface area contributed by atoms with Crippen LogP contribution in [0.15, 0.2) is 36.7 Å². The minimum Gasteiger partial charge on any atom is -0.464 e. The van der Waals surface area contributed by atoms with Crippen LogP contribution in [0, 0.1) is 0 Å². The fourth-order valence-electron chi connectivity index (χ4n) is 2.99. The average Bonchev–Trinajstić information content (AvgIpc) is 3.04. The number of amides is 1. The third-order valence-corrected chi connectivity index (χ3v) is 4.35. The second kappa shape index (κ2) is 10.1. The molecule has 0 bridgehead atoms. The Kier molecular flexibility index (Phi) is 7.82. The number of aromatic nitrogens is 2. The molecule has 7 nitrogen and oxygen atoms in total. The third kappa shape index (κ3) is 6.62.